The summed E-state index contributed by atoms with van der Waals surface area (Å²) in [6.07, 6.45) is -1.93. The van der Waals surface area contributed by atoms with Crippen molar-refractivity contribution in [1.82, 2.24) is 15.6 Å². The molecule has 23 heavy (non-hydrogen) atoms. The molecule has 1 aromatic heterocycles. The van der Waals surface area contributed by atoms with Crippen LogP contribution in [0.3, 0.4) is 0 Å². The minimum atomic E-state index is -4.37. The van der Waals surface area contributed by atoms with Crippen molar-refractivity contribution < 1.29 is 17.9 Å². The Morgan fingerprint density at radius 2 is 2.09 bits per heavy atom. The van der Waals surface area contributed by atoms with Crippen LogP contribution < -0.4 is 15.4 Å². The van der Waals surface area contributed by atoms with Crippen LogP contribution in [0.25, 0.3) is 0 Å². The van der Waals surface area contributed by atoms with Crippen LogP contribution >= 0.6 is 24.0 Å². The molecule has 9 heteroatoms. The van der Waals surface area contributed by atoms with E-state index in [0.29, 0.717) is 18.5 Å². The minimum Gasteiger partial charge on any atom is -0.468 e. The van der Waals surface area contributed by atoms with E-state index in [9.17, 15) is 13.2 Å². The molecule has 0 aliphatic carbocycles. The molecule has 0 amide bonds. The zero-order valence-electron chi connectivity index (χ0n) is 13.3. The Bertz CT molecular complexity index is 480. The van der Waals surface area contributed by atoms with E-state index in [1.165, 1.54) is 12.3 Å². The van der Waals surface area contributed by atoms with Crippen molar-refractivity contribution in [3.05, 3.63) is 23.9 Å². The topological polar surface area (TPSA) is 58.5 Å². The van der Waals surface area contributed by atoms with E-state index >= 15 is 0 Å². The Morgan fingerprint density at radius 1 is 1.39 bits per heavy atom. The minimum absolute atomic E-state index is 0. The molecule has 0 saturated carbocycles. The van der Waals surface area contributed by atoms with Gasteiger partial charge in [-0.3, -0.25) is 4.99 Å². The Morgan fingerprint density at radius 3 is 2.57 bits per heavy atom. The average molecular weight is 446 g/mol. The molecule has 0 aliphatic rings. The quantitative estimate of drug-likeness (QED) is 0.401. The molecule has 1 heterocycles. The smallest absolute Gasteiger partial charge is 0.422 e. The summed E-state index contributed by atoms with van der Waals surface area (Å²) in [6, 6.07) is 3.36. The van der Waals surface area contributed by atoms with Gasteiger partial charge in [0, 0.05) is 31.9 Å². The van der Waals surface area contributed by atoms with Crippen molar-refractivity contribution in [2.24, 2.45) is 4.99 Å². The van der Waals surface area contributed by atoms with E-state index in [4.69, 9.17) is 0 Å². The van der Waals surface area contributed by atoms with Crippen LogP contribution in [0.1, 0.15) is 25.8 Å². The largest absolute Gasteiger partial charge is 0.468 e. The maximum absolute atomic E-state index is 12.0. The molecule has 1 unspecified atom stereocenters. The SMILES string of the molecule is CCC(C)NC(=NC)NCc1ccc(OCC(F)(F)F)nc1.I. The summed E-state index contributed by atoms with van der Waals surface area (Å²) in [6.45, 7) is 3.22. The normalized spacial score (nSPS) is 13.0. The molecular weight excluding hydrogens is 424 g/mol. The van der Waals surface area contributed by atoms with Gasteiger partial charge in [-0.1, -0.05) is 13.0 Å². The van der Waals surface area contributed by atoms with Crippen LogP contribution in [0.4, 0.5) is 13.2 Å². The Hall–Kier alpha value is -1.26. The van der Waals surface area contributed by atoms with Crippen LogP contribution in [0.2, 0.25) is 0 Å². The van der Waals surface area contributed by atoms with Crippen LogP contribution in [0, 0.1) is 0 Å². The number of rotatable bonds is 6. The molecule has 1 atom stereocenters. The van der Waals surface area contributed by atoms with Gasteiger partial charge >= 0.3 is 6.18 Å². The predicted molar refractivity (Wildman–Crippen MR) is 94.3 cm³/mol. The van der Waals surface area contributed by atoms with E-state index in [1.807, 2.05) is 6.92 Å². The predicted octanol–water partition coefficient (Wildman–Crippen LogP) is 3.10. The van der Waals surface area contributed by atoms with Gasteiger partial charge in [0.1, 0.15) is 0 Å². The van der Waals surface area contributed by atoms with Crippen molar-refractivity contribution >= 4 is 29.9 Å². The number of nitrogens with one attached hydrogen (secondary N) is 2. The maximum Gasteiger partial charge on any atom is 0.422 e. The van der Waals surface area contributed by atoms with Gasteiger partial charge in [0.2, 0.25) is 5.88 Å². The van der Waals surface area contributed by atoms with Crippen molar-refractivity contribution in [1.29, 1.82) is 0 Å². The summed E-state index contributed by atoms with van der Waals surface area (Å²) < 4.78 is 40.6. The van der Waals surface area contributed by atoms with Crippen molar-refractivity contribution in [2.45, 2.75) is 39.0 Å². The highest BCUT2D eigenvalue weighted by atomic mass is 127. The third kappa shape index (κ3) is 9.47. The van der Waals surface area contributed by atoms with Gasteiger partial charge in [-0.05, 0) is 18.9 Å². The second kappa shape index (κ2) is 10.5. The van der Waals surface area contributed by atoms with Crippen molar-refractivity contribution in [2.75, 3.05) is 13.7 Å². The van der Waals surface area contributed by atoms with Gasteiger partial charge in [-0.25, -0.2) is 4.98 Å². The molecule has 5 nitrogen and oxygen atoms in total. The molecule has 0 spiro atoms. The van der Waals surface area contributed by atoms with E-state index in [2.05, 4.69) is 32.3 Å². The van der Waals surface area contributed by atoms with Gasteiger partial charge in [0.25, 0.3) is 0 Å². The van der Waals surface area contributed by atoms with E-state index < -0.39 is 12.8 Å². The molecule has 132 valence electrons. The summed E-state index contributed by atoms with van der Waals surface area (Å²) in [5.41, 5.74) is 0.812. The second-order valence-corrected chi connectivity index (χ2v) is 4.79. The number of pyridine rings is 1. The van der Waals surface area contributed by atoms with Gasteiger partial charge in [0.05, 0.1) is 0 Å². The molecule has 2 N–H and O–H groups in total. The number of aliphatic imine (C=N–C) groups is 1. The number of ether oxygens (including phenoxy) is 1. The average Bonchev–Trinajstić information content (AvgIpc) is 2.49. The number of alkyl halides is 3. The Labute approximate surface area is 151 Å². The molecule has 0 saturated heterocycles. The number of nitrogens with zero attached hydrogens (tertiary/aromatic N) is 2. The maximum atomic E-state index is 12.0. The van der Waals surface area contributed by atoms with Crippen LogP contribution in [0.5, 0.6) is 5.88 Å². The first kappa shape index (κ1) is 21.7. The highest BCUT2D eigenvalue weighted by molar-refractivity contribution is 14.0. The van der Waals surface area contributed by atoms with Gasteiger partial charge < -0.3 is 15.4 Å². The van der Waals surface area contributed by atoms with Crippen LogP contribution in [-0.2, 0) is 6.54 Å². The lowest BCUT2D eigenvalue weighted by molar-refractivity contribution is -0.154. The molecule has 1 rings (SSSR count). The van der Waals surface area contributed by atoms with Gasteiger partial charge in [-0.15, -0.1) is 24.0 Å². The third-order valence-electron chi connectivity index (χ3n) is 2.86. The fourth-order valence-corrected chi connectivity index (χ4v) is 1.47. The monoisotopic (exact) mass is 446 g/mol. The zero-order chi connectivity index (χ0) is 16.6. The summed E-state index contributed by atoms with van der Waals surface area (Å²) in [7, 11) is 1.67. The van der Waals surface area contributed by atoms with E-state index in [-0.39, 0.29) is 29.9 Å². The first-order valence-corrected chi connectivity index (χ1v) is 6.95. The molecule has 1 aromatic rings. The number of halogens is 4. The number of aromatic nitrogens is 1. The second-order valence-electron chi connectivity index (χ2n) is 4.79. The standard InChI is InChI=1S/C14H21F3N4O.HI/c1-4-10(2)21-13(18-3)20-8-11-5-6-12(19-7-11)22-9-14(15,16)17;/h5-7,10H,4,8-9H2,1-3H3,(H2,18,20,21);1H. The molecule has 0 aliphatic heterocycles. The summed E-state index contributed by atoms with van der Waals surface area (Å²) in [5.74, 6) is 0.606. The number of hydrogen-bond donors (Lipinski definition) is 2. The van der Waals surface area contributed by atoms with Gasteiger partial charge in [-0.2, -0.15) is 13.2 Å². The summed E-state index contributed by atoms with van der Waals surface area (Å²) >= 11 is 0. The summed E-state index contributed by atoms with van der Waals surface area (Å²) in [4.78, 5) is 7.93. The van der Waals surface area contributed by atoms with E-state index in [0.717, 1.165) is 12.0 Å². The highest BCUT2D eigenvalue weighted by Crippen LogP contribution is 2.16. The lowest BCUT2D eigenvalue weighted by Gasteiger charge is -2.16. The number of hydrogen-bond acceptors (Lipinski definition) is 3. The lowest BCUT2D eigenvalue weighted by atomic mass is 10.2. The number of guanidine groups is 1. The summed E-state index contributed by atoms with van der Waals surface area (Å²) in [5, 5.41) is 6.31. The molecule has 0 radical (unpaired) electrons. The van der Waals surface area contributed by atoms with Crippen LogP contribution in [0.15, 0.2) is 23.3 Å². The molecule has 0 aromatic carbocycles. The van der Waals surface area contributed by atoms with Gasteiger partial charge in [0.15, 0.2) is 12.6 Å². The lowest BCUT2D eigenvalue weighted by Crippen LogP contribution is -2.41. The fraction of sp³-hybridized carbons (Fsp3) is 0.571. The fourth-order valence-electron chi connectivity index (χ4n) is 1.47. The molecule has 0 bridgehead atoms. The Balaban J connectivity index is 0.00000484. The third-order valence-corrected chi connectivity index (χ3v) is 2.86. The first-order valence-electron chi connectivity index (χ1n) is 6.95. The molecular formula is C14H22F3IN4O. The van der Waals surface area contributed by atoms with Crippen molar-refractivity contribution in [3.8, 4) is 5.88 Å². The zero-order valence-corrected chi connectivity index (χ0v) is 15.6. The highest BCUT2D eigenvalue weighted by Gasteiger charge is 2.28. The molecule has 0 fully saturated rings. The van der Waals surface area contributed by atoms with Crippen molar-refractivity contribution in [3.63, 3.8) is 0 Å². The van der Waals surface area contributed by atoms with Crippen LogP contribution in [-0.4, -0.2) is 36.8 Å². The van der Waals surface area contributed by atoms with E-state index in [1.54, 1.807) is 13.1 Å². The first-order chi connectivity index (χ1) is 10.3. The Kier molecular flexibility index (Phi) is 9.93.